The summed E-state index contributed by atoms with van der Waals surface area (Å²) >= 11 is 8.88. The van der Waals surface area contributed by atoms with Crippen LogP contribution in [0, 0.1) is 11.6 Å². The fraction of sp³-hybridized carbons (Fsp3) is 0.0714. The van der Waals surface area contributed by atoms with Crippen LogP contribution in [0.1, 0.15) is 15.9 Å². The maximum absolute atomic E-state index is 13.6. The number of benzene rings is 2. The molecule has 0 heterocycles. The minimum atomic E-state index is -0.923. The summed E-state index contributed by atoms with van der Waals surface area (Å²) in [5, 5.41) is 2.91. The Bertz CT molecular complexity index is 640. The first kappa shape index (κ1) is 14.9. The topological polar surface area (TPSA) is 29.1 Å². The Morgan fingerprint density at radius 1 is 1.20 bits per heavy atom. The Labute approximate surface area is 127 Å². The minimum Gasteiger partial charge on any atom is -0.348 e. The summed E-state index contributed by atoms with van der Waals surface area (Å²) in [7, 11) is 0. The Morgan fingerprint density at radius 3 is 2.40 bits per heavy atom. The number of hydrogen-bond donors (Lipinski definition) is 1. The average Bonchev–Trinajstić information content (AvgIpc) is 2.36. The van der Waals surface area contributed by atoms with Gasteiger partial charge in [0.05, 0.1) is 0 Å². The zero-order valence-electron chi connectivity index (χ0n) is 10.1. The van der Waals surface area contributed by atoms with Gasteiger partial charge >= 0.3 is 0 Å². The summed E-state index contributed by atoms with van der Waals surface area (Å²) in [6, 6.07) is 8.97. The molecule has 0 spiro atoms. The van der Waals surface area contributed by atoms with E-state index in [2.05, 4.69) is 21.2 Å². The fourth-order valence-electron chi connectivity index (χ4n) is 1.66. The third kappa shape index (κ3) is 3.35. The van der Waals surface area contributed by atoms with Crippen molar-refractivity contribution in [1.29, 1.82) is 0 Å². The lowest BCUT2D eigenvalue weighted by Gasteiger charge is -2.08. The van der Waals surface area contributed by atoms with Crippen LogP contribution in [0.15, 0.2) is 40.9 Å². The molecule has 0 saturated carbocycles. The molecule has 1 N–H and O–H groups in total. The maximum Gasteiger partial charge on any atom is 0.257 e. The van der Waals surface area contributed by atoms with Gasteiger partial charge in [-0.1, -0.05) is 45.7 Å². The Balaban J connectivity index is 2.16. The summed E-state index contributed by atoms with van der Waals surface area (Å²) in [4.78, 5) is 11.8. The molecule has 0 aliphatic rings. The van der Waals surface area contributed by atoms with E-state index in [1.54, 1.807) is 24.3 Å². The van der Waals surface area contributed by atoms with Crippen molar-refractivity contribution in [3.05, 3.63) is 68.7 Å². The van der Waals surface area contributed by atoms with E-state index in [0.29, 0.717) is 10.6 Å². The van der Waals surface area contributed by atoms with Crippen LogP contribution in [0.2, 0.25) is 5.02 Å². The van der Waals surface area contributed by atoms with Crippen molar-refractivity contribution in [3.8, 4) is 0 Å². The molecule has 0 aliphatic carbocycles. The smallest absolute Gasteiger partial charge is 0.257 e. The quantitative estimate of drug-likeness (QED) is 0.868. The first-order valence-electron chi connectivity index (χ1n) is 5.65. The molecule has 0 radical (unpaired) electrons. The van der Waals surface area contributed by atoms with Crippen LogP contribution < -0.4 is 5.32 Å². The predicted molar refractivity (Wildman–Crippen MR) is 76.7 cm³/mol. The highest BCUT2D eigenvalue weighted by atomic mass is 79.9. The first-order chi connectivity index (χ1) is 9.49. The summed E-state index contributed by atoms with van der Waals surface area (Å²) in [5.41, 5.74) is 0.0562. The zero-order valence-corrected chi connectivity index (χ0v) is 12.4. The standard InChI is InChI=1S/C14H9BrClF2NO/c15-9-5-11(17)13(12(18)6-9)14(20)19-7-8-3-1-2-4-10(8)16/h1-6H,7H2,(H,19,20). The highest BCUT2D eigenvalue weighted by Crippen LogP contribution is 2.20. The van der Waals surface area contributed by atoms with Crippen molar-refractivity contribution in [1.82, 2.24) is 5.32 Å². The summed E-state index contributed by atoms with van der Waals surface area (Å²) in [5.74, 6) is -2.67. The van der Waals surface area contributed by atoms with E-state index in [1.807, 2.05) is 0 Å². The molecule has 20 heavy (non-hydrogen) atoms. The van der Waals surface area contributed by atoms with E-state index in [0.717, 1.165) is 12.1 Å². The molecule has 2 rings (SSSR count). The van der Waals surface area contributed by atoms with Crippen LogP contribution in [-0.2, 0) is 6.54 Å². The van der Waals surface area contributed by atoms with Crippen LogP contribution in [0.4, 0.5) is 8.78 Å². The second-order valence-electron chi connectivity index (χ2n) is 4.02. The van der Waals surface area contributed by atoms with Crippen LogP contribution in [0.25, 0.3) is 0 Å². The van der Waals surface area contributed by atoms with Crippen molar-refractivity contribution < 1.29 is 13.6 Å². The van der Waals surface area contributed by atoms with Crippen molar-refractivity contribution in [2.45, 2.75) is 6.54 Å². The molecule has 0 fully saturated rings. The van der Waals surface area contributed by atoms with Gasteiger partial charge in [0.1, 0.15) is 17.2 Å². The Kier molecular flexibility index (Phi) is 4.73. The SMILES string of the molecule is O=C(NCc1ccccc1Cl)c1c(F)cc(Br)cc1F. The van der Waals surface area contributed by atoms with Gasteiger partial charge in [-0.15, -0.1) is 0 Å². The number of nitrogens with one attached hydrogen (secondary N) is 1. The van der Waals surface area contributed by atoms with Crippen molar-refractivity contribution >= 4 is 33.4 Å². The molecular weight excluding hydrogens is 352 g/mol. The number of hydrogen-bond acceptors (Lipinski definition) is 1. The molecule has 104 valence electrons. The molecule has 2 aromatic rings. The first-order valence-corrected chi connectivity index (χ1v) is 6.82. The Hall–Kier alpha value is -1.46. The molecule has 1 amide bonds. The lowest BCUT2D eigenvalue weighted by molar-refractivity contribution is 0.0942. The van der Waals surface area contributed by atoms with Crippen LogP contribution in [-0.4, -0.2) is 5.91 Å². The van der Waals surface area contributed by atoms with Gasteiger partial charge in [-0.25, -0.2) is 8.78 Å². The highest BCUT2D eigenvalue weighted by Gasteiger charge is 2.18. The number of amides is 1. The molecular formula is C14H9BrClF2NO. The van der Waals surface area contributed by atoms with E-state index in [-0.39, 0.29) is 11.0 Å². The predicted octanol–water partition coefficient (Wildman–Crippen LogP) is 4.31. The number of carbonyl (C=O) groups is 1. The molecule has 0 aromatic heterocycles. The van der Waals surface area contributed by atoms with Crippen LogP contribution in [0.3, 0.4) is 0 Å². The monoisotopic (exact) mass is 359 g/mol. The molecule has 2 aromatic carbocycles. The van der Waals surface area contributed by atoms with Gasteiger partial charge in [0, 0.05) is 16.0 Å². The van der Waals surface area contributed by atoms with Gasteiger partial charge in [-0.2, -0.15) is 0 Å². The number of carbonyl (C=O) groups excluding carboxylic acids is 1. The average molecular weight is 361 g/mol. The third-order valence-electron chi connectivity index (χ3n) is 2.63. The van der Waals surface area contributed by atoms with Crippen molar-refractivity contribution in [2.75, 3.05) is 0 Å². The Morgan fingerprint density at radius 2 is 1.80 bits per heavy atom. The van der Waals surface area contributed by atoms with Gasteiger partial charge in [0.2, 0.25) is 0 Å². The van der Waals surface area contributed by atoms with Gasteiger partial charge in [-0.3, -0.25) is 4.79 Å². The lowest BCUT2D eigenvalue weighted by Crippen LogP contribution is -2.25. The molecule has 0 atom stereocenters. The van der Waals surface area contributed by atoms with Crippen LogP contribution in [0.5, 0.6) is 0 Å². The van der Waals surface area contributed by atoms with Gasteiger partial charge in [0.15, 0.2) is 0 Å². The third-order valence-corrected chi connectivity index (χ3v) is 3.46. The molecule has 0 unspecified atom stereocenters. The second kappa shape index (κ2) is 6.33. The molecule has 0 aliphatic heterocycles. The molecule has 0 saturated heterocycles. The number of rotatable bonds is 3. The van der Waals surface area contributed by atoms with E-state index >= 15 is 0 Å². The van der Waals surface area contributed by atoms with E-state index in [4.69, 9.17) is 11.6 Å². The molecule has 6 heteroatoms. The normalized spacial score (nSPS) is 10.4. The number of halogens is 4. The van der Waals surface area contributed by atoms with E-state index in [9.17, 15) is 13.6 Å². The summed E-state index contributed by atoms with van der Waals surface area (Å²) in [6.07, 6.45) is 0. The van der Waals surface area contributed by atoms with Crippen LogP contribution >= 0.6 is 27.5 Å². The minimum absolute atomic E-state index is 0.0907. The second-order valence-corrected chi connectivity index (χ2v) is 5.34. The molecule has 2 nitrogen and oxygen atoms in total. The fourth-order valence-corrected chi connectivity index (χ4v) is 2.27. The summed E-state index contributed by atoms with van der Waals surface area (Å²) < 4.78 is 27.5. The van der Waals surface area contributed by atoms with E-state index < -0.39 is 23.1 Å². The van der Waals surface area contributed by atoms with Gasteiger partial charge in [0.25, 0.3) is 5.91 Å². The van der Waals surface area contributed by atoms with Crippen molar-refractivity contribution in [2.24, 2.45) is 0 Å². The maximum atomic E-state index is 13.6. The van der Waals surface area contributed by atoms with E-state index in [1.165, 1.54) is 0 Å². The summed E-state index contributed by atoms with van der Waals surface area (Å²) in [6.45, 7) is 0.0907. The zero-order chi connectivity index (χ0) is 14.7. The van der Waals surface area contributed by atoms with Crippen molar-refractivity contribution in [3.63, 3.8) is 0 Å². The largest absolute Gasteiger partial charge is 0.348 e. The molecule has 0 bridgehead atoms. The van der Waals surface area contributed by atoms with Gasteiger partial charge in [-0.05, 0) is 23.8 Å². The van der Waals surface area contributed by atoms with Gasteiger partial charge < -0.3 is 5.32 Å². The lowest BCUT2D eigenvalue weighted by atomic mass is 10.1. The highest BCUT2D eigenvalue weighted by molar-refractivity contribution is 9.10.